The van der Waals surface area contributed by atoms with E-state index in [0.717, 1.165) is 0 Å². The van der Waals surface area contributed by atoms with E-state index in [1.807, 2.05) is 13.8 Å². The van der Waals surface area contributed by atoms with E-state index in [1.54, 1.807) is 0 Å². The molecule has 3 heteroatoms. The van der Waals surface area contributed by atoms with Gasteiger partial charge in [-0.2, -0.15) is 0 Å². The van der Waals surface area contributed by atoms with E-state index in [1.165, 1.54) is 19.1 Å². The Balaban J connectivity index is 3.24. The number of benzene rings is 1. The first-order chi connectivity index (χ1) is 6.93. The standard InChI is InChI=1S/C12H16O3/c1-7(2)6-10-11(14)5-4-9(8(3)13)12(10)15/h4-5,7,14-15H,6H2,1-3H3. The molecule has 0 amide bonds. The fourth-order valence-electron chi connectivity index (χ4n) is 1.52. The largest absolute Gasteiger partial charge is 0.508 e. The maximum Gasteiger partial charge on any atom is 0.163 e. The van der Waals surface area contributed by atoms with Crippen LogP contribution in [0.25, 0.3) is 0 Å². The van der Waals surface area contributed by atoms with E-state index in [4.69, 9.17) is 0 Å². The van der Waals surface area contributed by atoms with E-state index >= 15 is 0 Å². The van der Waals surface area contributed by atoms with Gasteiger partial charge in [0.25, 0.3) is 0 Å². The van der Waals surface area contributed by atoms with Crippen LogP contribution in [0.15, 0.2) is 12.1 Å². The Kier molecular flexibility index (Phi) is 3.35. The van der Waals surface area contributed by atoms with Crippen LogP contribution in [-0.2, 0) is 6.42 Å². The van der Waals surface area contributed by atoms with Crippen molar-refractivity contribution in [2.75, 3.05) is 0 Å². The molecule has 2 N–H and O–H groups in total. The smallest absolute Gasteiger partial charge is 0.163 e. The predicted octanol–water partition coefficient (Wildman–Crippen LogP) is 2.50. The molecule has 15 heavy (non-hydrogen) atoms. The number of carbonyl (C=O) groups excluding carboxylic acids is 1. The van der Waals surface area contributed by atoms with Crippen molar-refractivity contribution in [2.24, 2.45) is 5.92 Å². The van der Waals surface area contributed by atoms with E-state index < -0.39 is 0 Å². The summed E-state index contributed by atoms with van der Waals surface area (Å²) in [4.78, 5) is 11.2. The lowest BCUT2D eigenvalue weighted by molar-refractivity contribution is 0.101. The molecule has 0 fully saturated rings. The highest BCUT2D eigenvalue weighted by atomic mass is 16.3. The maximum atomic E-state index is 11.2. The van der Waals surface area contributed by atoms with Crippen LogP contribution in [0.1, 0.15) is 36.7 Å². The Morgan fingerprint density at radius 1 is 1.33 bits per heavy atom. The molecule has 0 atom stereocenters. The summed E-state index contributed by atoms with van der Waals surface area (Å²) in [6.45, 7) is 5.36. The topological polar surface area (TPSA) is 57.5 Å². The van der Waals surface area contributed by atoms with Crippen LogP contribution in [0.2, 0.25) is 0 Å². The first-order valence-electron chi connectivity index (χ1n) is 4.98. The zero-order valence-corrected chi connectivity index (χ0v) is 9.24. The van der Waals surface area contributed by atoms with Crippen LogP contribution < -0.4 is 0 Å². The predicted molar refractivity (Wildman–Crippen MR) is 58.3 cm³/mol. The molecule has 0 spiro atoms. The summed E-state index contributed by atoms with van der Waals surface area (Å²) in [5, 5.41) is 19.4. The summed E-state index contributed by atoms with van der Waals surface area (Å²) in [5.41, 5.74) is 0.723. The zero-order chi connectivity index (χ0) is 11.6. The number of hydrogen-bond acceptors (Lipinski definition) is 3. The van der Waals surface area contributed by atoms with Crippen LogP contribution in [0, 0.1) is 5.92 Å². The molecule has 1 rings (SSSR count). The van der Waals surface area contributed by atoms with Gasteiger partial charge in [0.2, 0.25) is 0 Å². The number of rotatable bonds is 3. The Morgan fingerprint density at radius 3 is 2.40 bits per heavy atom. The van der Waals surface area contributed by atoms with Gasteiger partial charge in [-0.1, -0.05) is 13.8 Å². The van der Waals surface area contributed by atoms with Crippen molar-refractivity contribution in [3.8, 4) is 11.5 Å². The monoisotopic (exact) mass is 208 g/mol. The van der Waals surface area contributed by atoms with Gasteiger partial charge in [0.05, 0.1) is 5.56 Å². The quantitative estimate of drug-likeness (QED) is 0.750. The third-order valence-electron chi connectivity index (χ3n) is 2.25. The number of ketones is 1. The van der Waals surface area contributed by atoms with Gasteiger partial charge < -0.3 is 10.2 Å². The van der Waals surface area contributed by atoms with Gasteiger partial charge in [-0.3, -0.25) is 4.79 Å². The second kappa shape index (κ2) is 4.34. The van der Waals surface area contributed by atoms with Crippen LogP contribution in [0.5, 0.6) is 11.5 Å². The molecule has 0 aliphatic carbocycles. The summed E-state index contributed by atoms with van der Waals surface area (Å²) < 4.78 is 0. The summed E-state index contributed by atoms with van der Waals surface area (Å²) in [5.74, 6) is 0.0731. The van der Waals surface area contributed by atoms with Crippen LogP contribution in [-0.4, -0.2) is 16.0 Å². The van der Waals surface area contributed by atoms with Gasteiger partial charge in [-0.25, -0.2) is 0 Å². The molecule has 1 aromatic rings. The minimum atomic E-state index is -0.197. The molecule has 82 valence electrons. The summed E-state index contributed by atoms with van der Waals surface area (Å²) in [7, 11) is 0. The van der Waals surface area contributed by atoms with Crippen molar-refractivity contribution in [3.63, 3.8) is 0 Å². The SMILES string of the molecule is CC(=O)c1ccc(O)c(CC(C)C)c1O. The molecule has 0 bridgehead atoms. The van der Waals surface area contributed by atoms with Crippen LogP contribution >= 0.6 is 0 Å². The molecule has 0 aromatic heterocycles. The zero-order valence-electron chi connectivity index (χ0n) is 9.24. The fourth-order valence-corrected chi connectivity index (χ4v) is 1.52. The number of hydrogen-bond donors (Lipinski definition) is 2. The van der Waals surface area contributed by atoms with Crippen molar-refractivity contribution in [3.05, 3.63) is 23.3 Å². The number of phenols is 2. The molecule has 0 aliphatic rings. The van der Waals surface area contributed by atoms with Crippen molar-refractivity contribution in [1.29, 1.82) is 0 Å². The molecule has 0 unspecified atom stereocenters. The number of aromatic hydroxyl groups is 2. The van der Waals surface area contributed by atoms with Gasteiger partial charge in [-0.05, 0) is 31.4 Å². The van der Waals surface area contributed by atoms with Crippen LogP contribution in [0.4, 0.5) is 0 Å². The van der Waals surface area contributed by atoms with Gasteiger partial charge in [-0.15, -0.1) is 0 Å². The minimum absolute atomic E-state index is 0.0474. The van der Waals surface area contributed by atoms with E-state index in [0.29, 0.717) is 17.9 Å². The van der Waals surface area contributed by atoms with Crippen molar-refractivity contribution < 1.29 is 15.0 Å². The lowest BCUT2D eigenvalue weighted by atomic mass is 9.97. The van der Waals surface area contributed by atoms with E-state index in [2.05, 4.69) is 0 Å². The van der Waals surface area contributed by atoms with E-state index in [9.17, 15) is 15.0 Å². The van der Waals surface area contributed by atoms with Crippen molar-refractivity contribution in [2.45, 2.75) is 27.2 Å². The molecule has 0 saturated carbocycles. The molecule has 3 nitrogen and oxygen atoms in total. The Bertz CT molecular complexity index is 381. The lowest BCUT2D eigenvalue weighted by Crippen LogP contribution is -2.00. The molecule has 0 heterocycles. The average Bonchev–Trinajstić information content (AvgIpc) is 2.11. The minimum Gasteiger partial charge on any atom is -0.508 e. The van der Waals surface area contributed by atoms with Crippen molar-refractivity contribution in [1.82, 2.24) is 0 Å². The highest BCUT2D eigenvalue weighted by Gasteiger charge is 2.15. The van der Waals surface area contributed by atoms with Gasteiger partial charge in [0, 0.05) is 5.56 Å². The fraction of sp³-hybridized carbons (Fsp3) is 0.417. The molecular weight excluding hydrogens is 192 g/mol. The Morgan fingerprint density at radius 2 is 1.93 bits per heavy atom. The number of phenolic OH excluding ortho intramolecular Hbond substituents is 2. The summed E-state index contributed by atoms with van der Waals surface area (Å²) >= 11 is 0. The molecule has 0 aliphatic heterocycles. The van der Waals surface area contributed by atoms with Gasteiger partial charge in [0.15, 0.2) is 5.78 Å². The second-order valence-corrected chi connectivity index (χ2v) is 4.11. The molecule has 0 saturated heterocycles. The maximum absolute atomic E-state index is 11.2. The first-order valence-corrected chi connectivity index (χ1v) is 4.98. The third kappa shape index (κ3) is 2.49. The normalized spacial score (nSPS) is 10.7. The lowest BCUT2D eigenvalue weighted by Gasteiger charge is -2.11. The first kappa shape index (κ1) is 11.6. The number of carbonyl (C=O) groups is 1. The number of Topliss-reactive ketones (excluding diaryl/α,β-unsaturated/α-hetero) is 1. The van der Waals surface area contributed by atoms with E-state index in [-0.39, 0.29) is 22.8 Å². The third-order valence-corrected chi connectivity index (χ3v) is 2.25. The second-order valence-electron chi connectivity index (χ2n) is 4.11. The molecule has 0 radical (unpaired) electrons. The van der Waals surface area contributed by atoms with Crippen LogP contribution in [0.3, 0.4) is 0 Å². The highest BCUT2D eigenvalue weighted by molar-refractivity contribution is 5.97. The summed E-state index contributed by atoms with van der Waals surface area (Å²) in [6.07, 6.45) is 0.554. The Labute approximate surface area is 89.4 Å². The highest BCUT2D eigenvalue weighted by Crippen LogP contribution is 2.32. The Hall–Kier alpha value is -1.51. The molecule has 1 aromatic carbocycles. The van der Waals surface area contributed by atoms with Gasteiger partial charge in [0.1, 0.15) is 11.5 Å². The van der Waals surface area contributed by atoms with Crippen molar-refractivity contribution >= 4 is 5.78 Å². The summed E-state index contributed by atoms with van der Waals surface area (Å²) in [6, 6.07) is 2.89. The van der Waals surface area contributed by atoms with Gasteiger partial charge >= 0.3 is 0 Å². The molecular formula is C12H16O3. The average molecular weight is 208 g/mol.